The van der Waals surface area contributed by atoms with E-state index in [-0.39, 0.29) is 11.8 Å². The molecule has 0 aliphatic carbocycles. The van der Waals surface area contributed by atoms with Crippen LogP contribution in [0.5, 0.6) is 5.75 Å². The van der Waals surface area contributed by atoms with Crippen LogP contribution < -0.4 is 10.1 Å². The Bertz CT molecular complexity index is 801. The summed E-state index contributed by atoms with van der Waals surface area (Å²) >= 11 is 0. The van der Waals surface area contributed by atoms with Crippen LogP contribution in [0, 0.1) is 0 Å². The molecule has 0 atom stereocenters. The number of piperazine rings is 1. The summed E-state index contributed by atoms with van der Waals surface area (Å²) in [5, 5.41) is 2.79. The predicted octanol–water partition coefficient (Wildman–Crippen LogP) is 1.73. The van der Waals surface area contributed by atoms with E-state index in [0.717, 1.165) is 13.1 Å². The van der Waals surface area contributed by atoms with Crippen LogP contribution in [0.2, 0.25) is 0 Å². The molecule has 1 aromatic carbocycles. The Morgan fingerprint density at radius 2 is 1.77 bits per heavy atom. The third-order valence-electron chi connectivity index (χ3n) is 4.39. The smallest absolute Gasteiger partial charge is 0.257 e. The zero-order valence-corrected chi connectivity index (χ0v) is 14.9. The lowest BCUT2D eigenvalue weighted by Crippen LogP contribution is -2.47. The maximum Gasteiger partial charge on any atom is 0.257 e. The number of likely N-dealkylation sites (N-methyl/N-ethyl adjacent to an activating group) is 1. The van der Waals surface area contributed by atoms with E-state index >= 15 is 0 Å². The number of aromatic nitrogens is 1. The van der Waals surface area contributed by atoms with Crippen LogP contribution in [-0.2, 0) is 0 Å². The lowest BCUT2D eigenvalue weighted by atomic mass is 10.1. The van der Waals surface area contributed by atoms with Gasteiger partial charge in [-0.05, 0) is 25.2 Å². The molecule has 1 fully saturated rings. The van der Waals surface area contributed by atoms with Crippen molar-refractivity contribution >= 4 is 17.5 Å². The normalized spacial score (nSPS) is 14.8. The second-order valence-electron chi connectivity index (χ2n) is 6.21. The van der Waals surface area contributed by atoms with Crippen LogP contribution in [0.25, 0.3) is 0 Å². The number of anilines is 1. The van der Waals surface area contributed by atoms with Gasteiger partial charge in [0.15, 0.2) is 0 Å². The van der Waals surface area contributed by atoms with Gasteiger partial charge in [0, 0.05) is 38.6 Å². The Morgan fingerprint density at radius 1 is 1.08 bits per heavy atom. The first-order chi connectivity index (χ1) is 12.6. The van der Waals surface area contributed by atoms with Gasteiger partial charge >= 0.3 is 0 Å². The zero-order valence-electron chi connectivity index (χ0n) is 14.9. The molecule has 1 saturated heterocycles. The molecule has 3 rings (SSSR count). The number of para-hydroxylation sites is 2. The molecule has 0 saturated carbocycles. The summed E-state index contributed by atoms with van der Waals surface area (Å²) in [5.41, 5.74) is 1.31. The Hall–Kier alpha value is -2.93. The molecule has 1 aromatic heterocycles. The number of benzene rings is 1. The van der Waals surface area contributed by atoms with E-state index < -0.39 is 0 Å². The van der Waals surface area contributed by atoms with E-state index in [2.05, 4.69) is 15.2 Å². The first-order valence-corrected chi connectivity index (χ1v) is 8.45. The average molecular weight is 354 g/mol. The minimum absolute atomic E-state index is 0.0995. The van der Waals surface area contributed by atoms with Gasteiger partial charge in [0.05, 0.1) is 23.9 Å². The van der Waals surface area contributed by atoms with Gasteiger partial charge in [-0.15, -0.1) is 0 Å². The molecule has 0 radical (unpaired) electrons. The second-order valence-corrected chi connectivity index (χ2v) is 6.21. The van der Waals surface area contributed by atoms with E-state index in [1.54, 1.807) is 30.2 Å². The third kappa shape index (κ3) is 4.00. The number of nitrogens with one attached hydrogen (secondary N) is 1. The van der Waals surface area contributed by atoms with Gasteiger partial charge in [0.1, 0.15) is 5.75 Å². The molecular weight excluding hydrogens is 332 g/mol. The Kier molecular flexibility index (Phi) is 5.48. The second kappa shape index (κ2) is 7.97. The number of carbonyl (C=O) groups is 2. The van der Waals surface area contributed by atoms with Crippen LogP contribution in [0.15, 0.2) is 42.7 Å². The van der Waals surface area contributed by atoms with Crippen molar-refractivity contribution in [2.24, 2.45) is 0 Å². The van der Waals surface area contributed by atoms with Gasteiger partial charge in [-0.25, -0.2) is 0 Å². The monoisotopic (exact) mass is 354 g/mol. The molecule has 1 aliphatic rings. The minimum Gasteiger partial charge on any atom is -0.495 e. The highest BCUT2D eigenvalue weighted by Crippen LogP contribution is 2.23. The first-order valence-electron chi connectivity index (χ1n) is 8.45. The number of hydrogen-bond donors (Lipinski definition) is 1. The Balaban J connectivity index is 1.74. The van der Waals surface area contributed by atoms with Crippen molar-refractivity contribution in [1.29, 1.82) is 0 Å². The third-order valence-corrected chi connectivity index (χ3v) is 4.39. The fourth-order valence-electron chi connectivity index (χ4n) is 2.82. The molecule has 0 bridgehead atoms. The van der Waals surface area contributed by atoms with Crippen LogP contribution in [0.1, 0.15) is 20.7 Å². The summed E-state index contributed by atoms with van der Waals surface area (Å²) in [6.07, 6.45) is 2.95. The van der Waals surface area contributed by atoms with E-state index in [0.29, 0.717) is 35.7 Å². The van der Waals surface area contributed by atoms with Crippen molar-refractivity contribution in [3.63, 3.8) is 0 Å². The average Bonchev–Trinajstić information content (AvgIpc) is 2.68. The van der Waals surface area contributed by atoms with Crippen molar-refractivity contribution in [1.82, 2.24) is 14.8 Å². The fraction of sp³-hybridized carbons (Fsp3) is 0.316. The predicted molar refractivity (Wildman–Crippen MR) is 98.6 cm³/mol. The number of carbonyl (C=O) groups excluding carboxylic acids is 2. The molecule has 26 heavy (non-hydrogen) atoms. The van der Waals surface area contributed by atoms with Crippen LogP contribution >= 0.6 is 0 Å². The van der Waals surface area contributed by atoms with Gasteiger partial charge in [0.25, 0.3) is 11.8 Å². The highest BCUT2D eigenvalue weighted by Gasteiger charge is 2.21. The molecule has 7 heteroatoms. The SMILES string of the molecule is COc1ccccc1NC(=O)c1cncc(C(=O)N2CCN(C)CC2)c1. The molecule has 2 heterocycles. The van der Waals surface area contributed by atoms with E-state index in [9.17, 15) is 9.59 Å². The molecule has 2 aromatic rings. The van der Waals surface area contributed by atoms with Gasteiger partial charge < -0.3 is 19.9 Å². The number of rotatable bonds is 4. The summed E-state index contributed by atoms with van der Waals surface area (Å²) in [7, 11) is 3.58. The van der Waals surface area contributed by atoms with Crippen LogP contribution in [0.3, 0.4) is 0 Å². The van der Waals surface area contributed by atoms with Crippen LogP contribution in [-0.4, -0.2) is 66.9 Å². The number of pyridine rings is 1. The number of hydrogen-bond acceptors (Lipinski definition) is 5. The number of methoxy groups -OCH3 is 1. The summed E-state index contributed by atoms with van der Waals surface area (Å²) < 4.78 is 5.24. The lowest BCUT2D eigenvalue weighted by Gasteiger charge is -2.32. The van der Waals surface area contributed by atoms with E-state index in [4.69, 9.17) is 4.74 Å². The number of amides is 2. The maximum absolute atomic E-state index is 12.7. The van der Waals surface area contributed by atoms with Crippen molar-refractivity contribution in [3.05, 3.63) is 53.9 Å². The van der Waals surface area contributed by atoms with Gasteiger partial charge in [-0.1, -0.05) is 12.1 Å². The van der Waals surface area contributed by atoms with Crippen molar-refractivity contribution < 1.29 is 14.3 Å². The van der Waals surface area contributed by atoms with Crippen molar-refractivity contribution in [2.45, 2.75) is 0 Å². The Labute approximate surface area is 152 Å². The summed E-state index contributed by atoms with van der Waals surface area (Å²) in [6.45, 7) is 3.03. The van der Waals surface area contributed by atoms with Gasteiger partial charge in [0.2, 0.25) is 0 Å². The topological polar surface area (TPSA) is 74.8 Å². The summed E-state index contributed by atoms with van der Waals surface area (Å²) in [4.78, 5) is 33.2. The molecule has 136 valence electrons. The Morgan fingerprint density at radius 3 is 2.50 bits per heavy atom. The summed E-state index contributed by atoms with van der Waals surface area (Å²) in [6, 6.07) is 8.73. The highest BCUT2D eigenvalue weighted by molar-refractivity contribution is 6.06. The van der Waals surface area contributed by atoms with Gasteiger partial charge in [-0.3, -0.25) is 14.6 Å². The largest absolute Gasteiger partial charge is 0.495 e. The van der Waals surface area contributed by atoms with E-state index in [1.165, 1.54) is 12.4 Å². The van der Waals surface area contributed by atoms with Crippen molar-refractivity contribution in [2.75, 3.05) is 45.7 Å². The quantitative estimate of drug-likeness (QED) is 0.905. The molecule has 1 N–H and O–H groups in total. The van der Waals surface area contributed by atoms with Gasteiger partial charge in [-0.2, -0.15) is 0 Å². The highest BCUT2D eigenvalue weighted by atomic mass is 16.5. The molecular formula is C19H22N4O3. The lowest BCUT2D eigenvalue weighted by molar-refractivity contribution is 0.0663. The molecule has 2 amide bonds. The van der Waals surface area contributed by atoms with Crippen molar-refractivity contribution in [3.8, 4) is 5.75 Å². The zero-order chi connectivity index (χ0) is 18.5. The maximum atomic E-state index is 12.7. The molecule has 0 spiro atoms. The number of nitrogens with zero attached hydrogens (tertiary/aromatic N) is 3. The number of ether oxygens (including phenoxy) is 1. The molecule has 1 aliphatic heterocycles. The molecule has 0 unspecified atom stereocenters. The van der Waals surface area contributed by atoms with Crippen LogP contribution in [0.4, 0.5) is 5.69 Å². The van der Waals surface area contributed by atoms with E-state index in [1.807, 2.05) is 19.2 Å². The minimum atomic E-state index is -0.338. The standard InChI is InChI=1S/C19H22N4O3/c1-22-7-9-23(10-8-22)19(25)15-11-14(12-20-13-15)18(24)21-16-5-3-4-6-17(16)26-2/h3-6,11-13H,7-10H2,1-2H3,(H,21,24). The molecule has 7 nitrogen and oxygen atoms in total. The fourth-order valence-corrected chi connectivity index (χ4v) is 2.82. The summed E-state index contributed by atoms with van der Waals surface area (Å²) in [5.74, 6) is 0.131. The first kappa shape index (κ1) is 17.9.